The molecule has 1 fully saturated rings. The van der Waals surface area contributed by atoms with Gasteiger partial charge in [-0.2, -0.15) is 0 Å². The van der Waals surface area contributed by atoms with E-state index < -0.39 is 7.58 Å². The molecular weight excluding hydrogens is 167 g/mol. The quantitative estimate of drug-likeness (QED) is 0.622. The molecule has 1 aliphatic heterocycles. The summed E-state index contributed by atoms with van der Waals surface area (Å²) in [6.45, 7) is 3.96. The molecule has 1 saturated heterocycles. The predicted molar refractivity (Wildman–Crippen MR) is 46.2 cm³/mol. The lowest BCUT2D eigenvalue weighted by molar-refractivity contribution is 0.193. The molecule has 2 nitrogen and oxygen atoms in total. The van der Waals surface area contributed by atoms with Crippen molar-refractivity contribution < 1.29 is 9.05 Å². The van der Waals surface area contributed by atoms with E-state index in [-0.39, 0.29) is 0 Å². The second-order valence-electron chi connectivity index (χ2n) is 2.08. The Morgan fingerprint density at radius 2 is 2.10 bits per heavy atom. The smallest absolute Gasteiger partial charge is 0.238 e. The zero-order valence-electron chi connectivity index (χ0n) is 6.21. The molecule has 0 spiro atoms. The summed E-state index contributed by atoms with van der Waals surface area (Å²) in [5, 5.41) is 0. The lowest BCUT2D eigenvalue weighted by Crippen LogP contribution is -2.03. The van der Waals surface area contributed by atoms with Crippen molar-refractivity contribution in [1.82, 2.24) is 0 Å². The van der Waals surface area contributed by atoms with Gasteiger partial charge in [0.1, 0.15) is 0 Å². The van der Waals surface area contributed by atoms with E-state index in [9.17, 15) is 0 Å². The summed E-state index contributed by atoms with van der Waals surface area (Å²) in [5.74, 6) is 1.16. The van der Waals surface area contributed by atoms with Crippen LogP contribution < -0.4 is 0 Å². The molecule has 1 heterocycles. The average molecular weight is 180 g/mol. The fourth-order valence-electron chi connectivity index (χ4n) is 0.615. The van der Waals surface area contributed by atoms with Gasteiger partial charge in [-0.15, -0.1) is 0 Å². The SMILES string of the molecule is CCCSP1OCCCO1. The monoisotopic (exact) mass is 180 g/mol. The van der Waals surface area contributed by atoms with Gasteiger partial charge in [-0.1, -0.05) is 18.3 Å². The first-order valence-electron chi connectivity index (χ1n) is 3.62. The molecule has 4 heteroatoms. The molecule has 0 aromatic carbocycles. The van der Waals surface area contributed by atoms with Gasteiger partial charge in [0.25, 0.3) is 0 Å². The second-order valence-corrected chi connectivity index (χ2v) is 5.38. The van der Waals surface area contributed by atoms with Crippen molar-refractivity contribution in [1.29, 1.82) is 0 Å². The highest BCUT2D eigenvalue weighted by atomic mass is 32.7. The molecule has 0 atom stereocenters. The van der Waals surface area contributed by atoms with Crippen LogP contribution in [-0.2, 0) is 9.05 Å². The molecule has 0 aliphatic carbocycles. The molecule has 60 valence electrons. The standard InChI is InChI=1S/C6H13O2PS/c1-2-6-10-9-7-4-3-5-8-9/h2-6H2,1H3. The normalized spacial score (nSPS) is 21.3. The Balaban J connectivity index is 2.02. The Kier molecular flexibility index (Phi) is 4.72. The van der Waals surface area contributed by atoms with Crippen molar-refractivity contribution in [2.75, 3.05) is 19.0 Å². The lowest BCUT2D eigenvalue weighted by atomic mass is 10.5. The van der Waals surface area contributed by atoms with Crippen LogP contribution in [0.2, 0.25) is 0 Å². The van der Waals surface area contributed by atoms with Gasteiger partial charge < -0.3 is 9.05 Å². The minimum atomic E-state index is -0.561. The molecule has 10 heavy (non-hydrogen) atoms. The van der Waals surface area contributed by atoms with E-state index in [1.54, 1.807) is 0 Å². The van der Waals surface area contributed by atoms with Gasteiger partial charge in [-0.05, 0) is 12.8 Å². The van der Waals surface area contributed by atoms with Crippen LogP contribution in [0.15, 0.2) is 0 Å². The third-order valence-electron chi connectivity index (χ3n) is 1.08. The highest BCUT2D eigenvalue weighted by Gasteiger charge is 2.14. The first-order valence-corrected chi connectivity index (χ1v) is 6.39. The summed E-state index contributed by atoms with van der Waals surface area (Å²) >= 11 is 1.82. The van der Waals surface area contributed by atoms with E-state index in [4.69, 9.17) is 9.05 Å². The Hall–Kier alpha value is 0.700. The molecule has 0 amide bonds. The van der Waals surface area contributed by atoms with Crippen molar-refractivity contribution in [3.63, 3.8) is 0 Å². The van der Waals surface area contributed by atoms with E-state index in [0.717, 1.165) is 25.4 Å². The van der Waals surface area contributed by atoms with Gasteiger partial charge in [0.15, 0.2) is 0 Å². The average Bonchev–Trinajstić information content (AvgIpc) is 2.03. The zero-order valence-corrected chi connectivity index (χ0v) is 7.92. The van der Waals surface area contributed by atoms with Crippen LogP contribution in [0.25, 0.3) is 0 Å². The molecule has 0 aromatic rings. The Labute approximate surface area is 67.3 Å². The first kappa shape index (κ1) is 8.79. The van der Waals surface area contributed by atoms with Crippen LogP contribution in [0, 0.1) is 0 Å². The lowest BCUT2D eigenvalue weighted by Gasteiger charge is -2.20. The topological polar surface area (TPSA) is 18.5 Å². The number of hydrogen-bond donors (Lipinski definition) is 0. The summed E-state index contributed by atoms with van der Waals surface area (Å²) in [4.78, 5) is 0. The minimum absolute atomic E-state index is 0.561. The van der Waals surface area contributed by atoms with E-state index in [0.29, 0.717) is 0 Å². The predicted octanol–water partition coefficient (Wildman–Crippen LogP) is 2.79. The van der Waals surface area contributed by atoms with Crippen LogP contribution in [0.5, 0.6) is 0 Å². The highest BCUT2D eigenvalue weighted by molar-refractivity contribution is 8.52. The van der Waals surface area contributed by atoms with E-state index in [2.05, 4.69) is 6.92 Å². The van der Waals surface area contributed by atoms with Gasteiger partial charge in [-0.3, -0.25) is 0 Å². The summed E-state index contributed by atoms with van der Waals surface area (Å²) in [6, 6.07) is 0. The van der Waals surface area contributed by atoms with Gasteiger partial charge in [-0.25, -0.2) is 0 Å². The molecule has 0 aromatic heterocycles. The molecule has 0 bridgehead atoms. The Bertz CT molecular complexity index is 85.8. The van der Waals surface area contributed by atoms with E-state index >= 15 is 0 Å². The molecule has 0 unspecified atom stereocenters. The van der Waals surface area contributed by atoms with Crippen LogP contribution in [0.4, 0.5) is 0 Å². The van der Waals surface area contributed by atoms with E-state index in [1.165, 1.54) is 6.42 Å². The first-order chi connectivity index (χ1) is 4.93. The highest BCUT2D eigenvalue weighted by Crippen LogP contribution is 2.53. The van der Waals surface area contributed by atoms with Crippen molar-refractivity contribution in [2.24, 2.45) is 0 Å². The summed E-state index contributed by atoms with van der Waals surface area (Å²) in [7, 11) is -0.561. The summed E-state index contributed by atoms with van der Waals surface area (Å²) in [5.41, 5.74) is 0. The molecule has 0 saturated carbocycles. The fraction of sp³-hybridized carbons (Fsp3) is 1.00. The molecule has 1 rings (SSSR count). The Morgan fingerprint density at radius 1 is 1.40 bits per heavy atom. The molecule has 1 aliphatic rings. The molecule has 0 N–H and O–H groups in total. The van der Waals surface area contributed by atoms with Crippen LogP contribution in [0.1, 0.15) is 19.8 Å². The van der Waals surface area contributed by atoms with Crippen LogP contribution in [0.3, 0.4) is 0 Å². The third kappa shape index (κ3) is 3.20. The summed E-state index contributed by atoms with van der Waals surface area (Å²) in [6.07, 6.45) is 2.27. The largest absolute Gasteiger partial charge is 0.326 e. The van der Waals surface area contributed by atoms with Gasteiger partial charge in [0.05, 0.1) is 13.2 Å². The fourth-order valence-corrected chi connectivity index (χ4v) is 3.62. The van der Waals surface area contributed by atoms with Crippen molar-refractivity contribution >= 4 is 19.0 Å². The number of hydrogen-bond acceptors (Lipinski definition) is 3. The second kappa shape index (κ2) is 5.36. The van der Waals surface area contributed by atoms with Crippen molar-refractivity contribution in [3.8, 4) is 0 Å². The number of rotatable bonds is 3. The molecule has 0 radical (unpaired) electrons. The van der Waals surface area contributed by atoms with Crippen LogP contribution >= 0.6 is 19.0 Å². The maximum atomic E-state index is 5.39. The van der Waals surface area contributed by atoms with Gasteiger partial charge >= 0.3 is 0 Å². The third-order valence-corrected chi connectivity index (χ3v) is 4.48. The molecular formula is C6H13O2PS. The van der Waals surface area contributed by atoms with Crippen LogP contribution in [-0.4, -0.2) is 19.0 Å². The van der Waals surface area contributed by atoms with Crippen molar-refractivity contribution in [2.45, 2.75) is 19.8 Å². The van der Waals surface area contributed by atoms with Crippen molar-refractivity contribution in [3.05, 3.63) is 0 Å². The summed E-state index contributed by atoms with van der Waals surface area (Å²) < 4.78 is 10.8. The minimum Gasteiger partial charge on any atom is -0.326 e. The van der Waals surface area contributed by atoms with Gasteiger partial charge in [0.2, 0.25) is 7.58 Å². The van der Waals surface area contributed by atoms with E-state index in [1.807, 2.05) is 11.4 Å². The Morgan fingerprint density at radius 3 is 2.70 bits per heavy atom. The maximum Gasteiger partial charge on any atom is 0.238 e. The van der Waals surface area contributed by atoms with Gasteiger partial charge in [0, 0.05) is 5.75 Å². The zero-order chi connectivity index (χ0) is 7.23. The maximum absolute atomic E-state index is 5.39.